The minimum atomic E-state index is -0.573. The van der Waals surface area contributed by atoms with Crippen LogP contribution in [0.15, 0.2) is 48.5 Å². The molecule has 0 aliphatic rings. The fraction of sp³-hybridized carbons (Fsp3) is 0.222. The number of carbonyl (C=O) groups is 2. The van der Waals surface area contributed by atoms with Gasteiger partial charge in [-0.1, -0.05) is 23.7 Å². The molecule has 0 aliphatic carbocycles. The number of halogens is 1. The van der Waals surface area contributed by atoms with Gasteiger partial charge >= 0.3 is 5.97 Å². The van der Waals surface area contributed by atoms with Crippen LogP contribution < -0.4 is 10.1 Å². The number of methoxy groups -OCH3 is 1. The lowest BCUT2D eigenvalue weighted by molar-refractivity contribution is -0.124. The molecule has 0 fully saturated rings. The largest absolute Gasteiger partial charge is 0.497 e. The third-order valence-corrected chi connectivity index (χ3v) is 3.64. The number of esters is 1. The Morgan fingerprint density at radius 1 is 1.17 bits per heavy atom. The predicted octanol–water partition coefficient (Wildman–Crippen LogP) is 3.38. The first-order valence-corrected chi connectivity index (χ1v) is 7.73. The van der Waals surface area contributed by atoms with Crippen molar-refractivity contribution in [2.45, 2.75) is 13.0 Å². The lowest BCUT2D eigenvalue weighted by Gasteiger charge is -2.15. The van der Waals surface area contributed by atoms with Crippen molar-refractivity contribution in [3.8, 4) is 5.75 Å². The van der Waals surface area contributed by atoms with Gasteiger partial charge in [-0.25, -0.2) is 4.79 Å². The zero-order valence-electron chi connectivity index (χ0n) is 13.4. The van der Waals surface area contributed by atoms with Crippen LogP contribution in [0.1, 0.15) is 28.9 Å². The topological polar surface area (TPSA) is 64.6 Å². The molecule has 6 heteroatoms. The summed E-state index contributed by atoms with van der Waals surface area (Å²) < 4.78 is 10.1. The Labute approximate surface area is 145 Å². The molecule has 126 valence electrons. The van der Waals surface area contributed by atoms with Crippen LogP contribution in [-0.4, -0.2) is 25.6 Å². The molecule has 0 spiro atoms. The third kappa shape index (κ3) is 4.99. The van der Waals surface area contributed by atoms with Crippen LogP contribution in [0.4, 0.5) is 0 Å². The monoisotopic (exact) mass is 347 g/mol. The van der Waals surface area contributed by atoms with E-state index in [-0.39, 0.29) is 18.6 Å². The van der Waals surface area contributed by atoms with Gasteiger partial charge in [0.25, 0.3) is 5.91 Å². The van der Waals surface area contributed by atoms with E-state index in [1.165, 1.54) is 0 Å². The fourth-order valence-electron chi connectivity index (χ4n) is 2.08. The molecule has 0 saturated heterocycles. The Balaban J connectivity index is 1.86. The second-order valence-corrected chi connectivity index (χ2v) is 5.59. The van der Waals surface area contributed by atoms with Gasteiger partial charge in [0.2, 0.25) is 0 Å². The first-order valence-electron chi connectivity index (χ1n) is 7.35. The van der Waals surface area contributed by atoms with Crippen LogP contribution in [0.2, 0.25) is 5.02 Å². The third-order valence-electron chi connectivity index (χ3n) is 3.39. The summed E-state index contributed by atoms with van der Waals surface area (Å²) in [5, 5.41) is 3.30. The summed E-state index contributed by atoms with van der Waals surface area (Å²) in [6.45, 7) is 1.49. The van der Waals surface area contributed by atoms with E-state index in [2.05, 4.69) is 5.32 Å². The molecule has 1 atom stereocenters. The smallest absolute Gasteiger partial charge is 0.338 e. The molecule has 2 aromatic rings. The molecule has 0 aliphatic heterocycles. The molecular formula is C18H18ClNO4. The van der Waals surface area contributed by atoms with Gasteiger partial charge in [-0.05, 0) is 48.9 Å². The summed E-state index contributed by atoms with van der Waals surface area (Å²) in [7, 11) is 1.58. The van der Waals surface area contributed by atoms with Gasteiger partial charge < -0.3 is 14.8 Å². The standard InChI is InChI=1S/C18H18ClNO4/c1-12(14-4-3-5-16(10-14)23-2)20-17(21)11-24-18(22)13-6-8-15(19)9-7-13/h3-10,12H,11H2,1-2H3,(H,20,21)/t12-/m1/s1. The minimum absolute atomic E-state index is 0.234. The highest BCUT2D eigenvalue weighted by Gasteiger charge is 2.13. The maximum Gasteiger partial charge on any atom is 0.338 e. The first-order chi connectivity index (χ1) is 11.5. The summed E-state index contributed by atoms with van der Waals surface area (Å²) in [5.41, 5.74) is 1.24. The average Bonchev–Trinajstić information content (AvgIpc) is 2.60. The summed E-state index contributed by atoms with van der Waals surface area (Å²) >= 11 is 5.76. The molecule has 0 radical (unpaired) electrons. The predicted molar refractivity (Wildman–Crippen MR) is 91.3 cm³/mol. The van der Waals surface area contributed by atoms with Gasteiger partial charge in [0.1, 0.15) is 5.75 Å². The molecule has 1 amide bonds. The van der Waals surface area contributed by atoms with Crippen molar-refractivity contribution in [2.24, 2.45) is 0 Å². The van der Waals surface area contributed by atoms with Crippen molar-refractivity contribution in [3.63, 3.8) is 0 Å². The van der Waals surface area contributed by atoms with Crippen molar-refractivity contribution in [1.29, 1.82) is 0 Å². The second kappa shape index (κ2) is 8.36. The van der Waals surface area contributed by atoms with E-state index in [0.29, 0.717) is 16.3 Å². The number of carbonyl (C=O) groups excluding carboxylic acids is 2. The molecule has 0 unspecified atom stereocenters. The Morgan fingerprint density at radius 2 is 1.88 bits per heavy atom. The number of rotatable bonds is 6. The van der Waals surface area contributed by atoms with E-state index in [1.807, 2.05) is 31.2 Å². The van der Waals surface area contributed by atoms with Gasteiger partial charge in [-0.3, -0.25) is 4.79 Å². The van der Waals surface area contributed by atoms with Gasteiger partial charge in [0, 0.05) is 5.02 Å². The Morgan fingerprint density at radius 3 is 2.54 bits per heavy atom. The Hall–Kier alpha value is -2.53. The summed E-state index contributed by atoms with van der Waals surface area (Å²) in [5.74, 6) is -0.244. The number of hydrogen-bond acceptors (Lipinski definition) is 4. The van der Waals surface area contributed by atoms with Gasteiger partial charge in [0.05, 0.1) is 18.7 Å². The molecule has 0 bridgehead atoms. The van der Waals surface area contributed by atoms with Crippen LogP contribution >= 0.6 is 11.6 Å². The molecule has 0 saturated carbocycles. The second-order valence-electron chi connectivity index (χ2n) is 5.15. The number of hydrogen-bond donors (Lipinski definition) is 1. The van der Waals surface area contributed by atoms with E-state index in [1.54, 1.807) is 31.4 Å². The molecule has 1 N–H and O–H groups in total. The molecule has 0 aromatic heterocycles. The van der Waals surface area contributed by atoms with Crippen LogP contribution in [0.25, 0.3) is 0 Å². The highest BCUT2D eigenvalue weighted by atomic mass is 35.5. The Kier molecular flexibility index (Phi) is 6.21. The zero-order valence-corrected chi connectivity index (χ0v) is 14.2. The normalized spacial score (nSPS) is 11.5. The first kappa shape index (κ1) is 17.8. The molecule has 2 rings (SSSR count). The van der Waals surface area contributed by atoms with E-state index < -0.39 is 5.97 Å². The Bertz CT molecular complexity index is 715. The average molecular weight is 348 g/mol. The fourth-order valence-corrected chi connectivity index (χ4v) is 2.20. The van der Waals surface area contributed by atoms with Crippen LogP contribution in [-0.2, 0) is 9.53 Å². The number of ether oxygens (including phenoxy) is 2. The zero-order chi connectivity index (χ0) is 17.5. The maximum atomic E-state index is 11.9. The van der Waals surface area contributed by atoms with Crippen molar-refractivity contribution in [3.05, 3.63) is 64.7 Å². The highest BCUT2D eigenvalue weighted by Crippen LogP contribution is 2.18. The van der Waals surface area contributed by atoms with Crippen molar-refractivity contribution >= 4 is 23.5 Å². The van der Waals surface area contributed by atoms with Crippen LogP contribution in [0.3, 0.4) is 0 Å². The number of benzene rings is 2. The van der Waals surface area contributed by atoms with Crippen molar-refractivity contribution < 1.29 is 19.1 Å². The molecule has 24 heavy (non-hydrogen) atoms. The summed E-state index contributed by atoms with van der Waals surface area (Å²) in [4.78, 5) is 23.8. The summed E-state index contributed by atoms with van der Waals surface area (Å²) in [6.07, 6.45) is 0. The van der Waals surface area contributed by atoms with E-state index in [4.69, 9.17) is 21.1 Å². The summed E-state index contributed by atoms with van der Waals surface area (Å²) in [6, 6.07) is 13.4. The maximum absolute atomic E-state index is 11.9. The number of nitrogens with one attached hydrogen (secondary N) is 1. The molecule has 2 aromatic carbocycles. The quantitative estimate of drug-likeness (QED) is 0.813. The van der Waals surface area contributed by atoms with E-state index >= 15 is 0 Å². The lowest BCUT2D eigenvalue weighted by atomic mass is 10.1. The molecule has 0 heterocycles. The lowest BCUT2D eigenvalue weighted by Crippen LogP contribution is -2.31. The van der Waals surface area contributed by atoms with E-state index in [0.717, 1.165) is 5.56 Å². The van der Waals surface area contributed by atoms with Gasteiger partial charge in [0.15, 0.2) is 6.61 Å². The minimum Gasteiger partial charge on any atom is -0.497 e. The number of amides is 1. The van der Waals surface area contributed by atoms with Crippen LogP contribution in [0, 0.1) is 0 Å². The van der Waals surface area contributed by atoms with E-state index in [9.17, 15) is 9.59 Å². The molecular weight excluding hydrogens is 330 g/mol. The molecule has 5 nitrogen and oxygen atoms in total. The van der Waals surface area contributed by atoms with Crippen molar-refractivity contribution in [1.82, 2.24) is 5.32 Å². The van der Waals surface area contributed by atoms with Gasteiger partial charge in [-0.2, -0.15) is 0 Å². The van der Waals surface area contributed by atoms with Gasteiger partial charge in [-0.15, -0.1) is 0 Å². The highest BCUT2D eigenvalue weighted by molar-refractivity contribution is 6.30. The van der Waals surface area contributed by atoms with Crippen molar-refractivity contribution in [2.75, 3.05) is 13.7 Å². The van der Waals surface area contributed by atoms with Crippen LogP contribution in [0.5, 0.6) is 5.75 Å². The SMILES string of the molecule is COc1cccc([C@@H](C)NC(=O)COC(=O)c2ccc(Cl)cc2)c1.